The lowest BCUT2D eigenvalue weighted by Crippen LogP contribution is -2.26. The van der Waals surface area contributed by atoms with Crippen molar-refractivity contribution in [1.29, 1.82) is 0 Å². The molecule has 138 valence electrons. The Labute approximate surface area is 154 Å². The van der Waals surface area contributed by atoms with Gasteiger partial charge in [0.15, 0.2) is 5.76 Å². The highest BCUT2D eigenvalue weighted by Gasteiger charge is 2.19. The summed E-state index contributed by atoms with van der Waals surface area (Å²) < 4.78 is 10.6. The first-order chi connectivity index (χ1) is 13.0. The van der Waals surface area contributed by atoms with Crippen molar-refractivity contribution in [3.63, 3.8) is 0 Å². The second-order valence-electron chi connectivity index (χ2n) is 5.77. The van der Waals surface area contributed by atoms with Crippen LogP contribution in [0.1, 0.15) is 34.8 Å². The molecule has 2 aromatic heterocycles. The summed E-state index contributed by atoms with van der Waals surface area (Å²) >= 11 is 0. The average Bonchev–Trinajstić information content (AvgIpc) is 3.18. The number of nitro groups is 1. The van der Waals surface area contributed by atoms with E-state index < -0.39 is 16.7 Å². The summed E-state index contributed by atoms with van der Waals surface area (Å²) in [6.45, 7) is 2.13. The predicted molar refractivity (Wildman–Crippen MR) is 96.3 cm³/mol. The number of furan rings is 1. The van der Waals surface area contributed by atoms with Gasteiger partial charge in [-0.1, -0.05) is 18.2 Å². The van der Waals surface area contributed by atoms with Gasteiger partial charge in [-0.05, 0) is 42.8 Å². The summed E-state index contributed by atoms with van der Waals surface area (Å²) in [6.07, 6.45) is 1.70. The standard InChI is InChI=1S/C19H17N3O5/c1-13(21-19(23)17-8-9-18(27-17)22(24)25)14-5-4-7-16(11-14)26-12-15-6-2-3-10-20-15/h2-11,13H,12H2,1H3,(H,21,23)/t13-/m0/s1. The fraction of sp³-hybridized carbons (Fsp3) is 0.158. The Morgan fingerprint density at radius 2 is 2.11 bits per heavy atom. The quantitative estimate of drug-likeness (QED) is 0.504. The van der Waals surface area contributed by atoms with Crippen molar-refractivity contribution in [2.45, 2.75) is 19.6 Å². The minimum atomic E-state index is -0.692. The molecule has 1 aromatic carbocycles. The summed E-state index contributed by atoms with van der Waals surface area (Å²) in [6, 6.07) is 15.0. The number of ether oxygens (including phenoxy) is 1. The van der Waals surface area contributed by atoms with E-state index in [4.69, 9.17) is 9.15 Å². The molecular formula is C19H17N3O5. The Kier molecular flexibility index (Phi) is 5.46. The molecule has 3 rings (SSSR count). The predicted octanol–water partition coefficient (Wildman–Crippen LogP) is 3.65. The van der Waals surface area contributed by atoms with E-state index >= 15 is 0 Å². The van der Waals surface area contributed by atoms with Crippen molar-refractivity contribution in [3.05, 3.63) is 87.9 Å². The van der Waals surface area contributed by atoms with Gasteiger partial charge in [0.05, 0.1) is 17.8 Å². The lowest BCUT2D eigenvalue weighted by atomic mass is 10.1. The van der Waals surface area contributed by atoms with Gasteiger partial charge in [0.2, 0.25) is 0 Å². The molecule has 0 fully saturated rings. The third-order valence-corrected chi connectivity index (χ3v) is 3.81. The van der Waals surface area contributed by atoms with Gasteiger partial charge in [0.25, 0.3) is 5.91 Å². The van der Waals surface area contributed by atoms with Crippen LogP contribution < -0.4 is 10.1 Å². The molecule has 1 N–H and O–H groups in total. The first-order valence-corrected chi connectivity index (χ1v) is 8.20. The molecule has 0 unspecified atom stereocenters. The van der Waals surface area contributed by atoms with E-state index in [0.717, 1.165) is 17.3 Å². The Hall–Kier alpha value is -3.68. The Balaban J connectivity index is 1.63. The van der Waals surface area contributed by atoms with Crippen LogP contribution in [0.3, 0.4) is 0 Å². The maximum absolute atomic E-state index is 12.2. The molecule has 0 saturated heterocycles. The molecule has 2 heterocycles. The molecule has 0 aliphatic rings. The topological polar surface area (TPSA) is 108 Å². The summed E-state index contributed by atoms with van der Waals surface area (Å²) in [7, 11) is 0. The van der Waals surface area contributed by atoms with Crippen LogP contribution in [0.4, 0.5) is 5.88 Å². The molecule has 0 aliphatic heterocycles. The number of carbonyl (C=O) groups is 1. The van der Waals surface area contributed by atoms with Gasteiger partial charge in [-0.25, -0.2) is 0 Å². The lowest BCUT2D eigenvalue weighted by molar-refractivity contribution is -0.402. The number of hydrogen-bond donors (Lipinski definition) is 1. The number of nitrogens with one attached hydrogen (secondary N) is 1. The second-order valence-corrected chi connectivity index (χ2v) is 5.77. The molecule has 0 spiro atoms. The summed E-state index contributed by atoms with van der Waals surface area (Å²) in [5, 5.41) is 13.4. The van der Waals surface area contributed by atoms with Crippen LogP contribution in [-0.2, 0) is 6.61 Å². The maximum Gasteiger partial charge on any atom is 0.433 e. The molecule has 27 heavy (non-hydrogen) atoms. The van der Waals surface area contributed by atoms with Gasteiger partial charge >= 0.3 is 5.88 Å². The fourth-order valence-corrected chi connectivity index (χ4v) is 2.41. The van der Waals surface area contributed by atoms with Crippen LogP contribution >= 0.6 is 0 Å². The zero-order valence-corrected chi connectivity index (χ0v) is 14.5. The zero-order chi connectivity index (χ0) is 19.2. The smallest absolute Gasteiger partial charge is 0.433 e. The average molecular weight is 367 g/mol. The van der Waals surface area contributed by atoms with Crippen molar-refractivity contribution in [1.82, 2.24) is 10.3 Å². The molecule has 1 amide bonds. The van der Waals surface area contributed by atoms with Crippen molar-refractivity contribution in [2.75, 3.05) is 0 Å². The summed E-state index contributed by atoms with van der Waals surface area (Å²) in [4.78, 5) is 26.3. The molecule has 3 aromatic rings. The molecule has 1 atom stereocenters. The van der Waals surface area contributed by atoms with Crippen LogP contribution in [0.15, 0.2) is 65.2 Å². The molecule has 0 aliphatic carbocycles. The van der Waals surface area contributed by atoms with Crippen LogP contribution in [-0.4, -0.2) is 15.8 Å². The number of rotatable bonds is 7. The van der Waals surface area contributed by atoms with E-state index in [1.54, 1.807) is 13.1 Å². The van der Waals surface area contributed by atoms with Crippen LogP contribution in [0.5, 0.6) is 5.75 Å². The highest BCUT2D eigenvalue weighted by Crippen LogP contribution is 2.21. The molecule has 0 saturated carbocycles. The SMILES string of the molecule is C[C@H](NC(=O)c1ccc([N+](=O)[O-])o1)c1cccc(OCc2ccccn2)c1. The highest BCUT2D eigenvalue weighted by molar-refractivity contribution is 5.92. The first-order valence-electron chi connectivity index (χ1n) is 8.20. The first kappa shape index (κ1) is 18.1. The monoisotopic (exact) mass is 367 g/mol. The highest BCUT2D eigenvalue weighted by atomic mass is 16.6. The molecule has 8 heteroatoms. The van der Waals surface area contributed by atoms with Gasteiger partial charge < -0.3 is 14.5 Å². The summed E-state index contributed by atoms with van der Waals surface area (Å²) in [5.74, 6) is -0.475. The number of benzene rings is 1. The normalized spacial score (nSPS) is 11.6. The number of amides is 1. The van der Waals surface area contributed by atoms with Crippen LogP contribution in [0.25, 0.3) is 0 Å². The molecule has 8 nitrogen and oxygen atoms in total. The van der Waals surface area contributed by atoms with Crippen LogP contribution in [0, 0.1) is 10.1 Å². The minimum absolute atomic E-state index is 0.115. The molecule has 0 radical (unpaired) electrons. The third-order valence-electron chi connectivity index (χ3n) is 3.81. The van der Waals surface area contributed by atoms with Crippen LogP contribution in [0.2, 0.25) is 0 Å². The van der Waals surface area contributed by atoms with E-state index in [1.807, 2.05) is 42.5 Å². The minimum Gasteiger partial charge on any atom is -0.487 e. The van der Waals surface area contributed by atoms with E-state index in [9.17, 15) is 14.9 Å². The Morgan fingerprint density at radius 1 is 1.26 bits per heavy atom. The van der Waals surface area contributed by atoms with Gasteiger partial charge in [-0.3, -0.25) is 19.9 Å². The van der Waals surface area contributed by atoms with E-state index in [2.05, 4.69) is 10.3 Å². The largest absolute Gasteiger partial charge is 0.487 e. The fourth-order valence-electron chi connectivity index (χ4n) is 2.41. The van der Waals surface area contributed by atoms with Crippen molar-refractivity contribution in [2.24, 2.45) is 0 Å². The second kappa shape index (κ2) is 8.13. The van der Waals surface area contributed by atoms with Gasteiger partial charge in [0, 0.05) is 6.20 Å². The maximum atomic E-state index is 12.2. The van der Waals surface area contributed by atoms with Gasteiger partial charge in [0.1, 0.15) is 17.3 Å². The number of hydrogen-bond acceptors (Lipinski definition) is 6. The van der Waals surface area contributed by atoms with E-state index in [-0.39, 0.29) is 11.8 Å². The van der Waals surface area contributed by atoms with E-state index in [0.29, 0.717) is 12.4 Å². The van der Waals surface area contributed by atoms with E-state index in [1.165, 1.54) is 6.07 Å². The molecular weight excluding hydrogens is 350 g/mol. The van der Waals surface area contributed by atoms with Crippen molar-refractivity contribution >= 4 is 11.8 Å². The van der Waals surface area contributed by atoms with Gasteiger partial charge in [-0.2, -0.15) is 0 Å². The number of nitrogens with zero attached hydrogens (tertiary/aromatic N) is 2. The van der Waals surface area contributed by atoms with Crippen molar-refractivity contribution in [3.8, 4) is 5.75 Å². The Morgan fingerprint density at radius 3 is 2.81 bits per heavy atom. The lowest BCUT2D eigenvalue weighted by Gasteiger charge is -2.15. The van der Waals surface area contributed by atoms with Crippen molar-refractivity contribution < 1.29 is 18.9 Å². The number of pyridine rings is 1. The third kappa shape index (κ3) is 4.69. The zero-order valence-electron chi connectivity index (χ0n) is 14.5. The Bertz CT molecular complexity index is 939. The number of aromatic nitrogens is 1. The van der Waals surface area contributed by atoms with Gasteiger partial charge in [-0.15, -0.1) is 0 Å². The molecule has 0 bridgehead atoms. The summed E-state index contributed by atoms with van der Waals surface area (Å²) in [5.41, 5.74) is 1.63. The number of carbonyl (C=O) groups excluding carboxylic acids is 1.